The highest BCUT2D eigenvalue weighted by Crippen LogP contribution is 2.31. The topological polar surface area (TPSA) is 60.5 Å². The Balaban J connectivity index is 1.39. The van der Waals surface area contributed by atoms with Gasteiger partial charge in [0.25, 0.3) is 5.91 Å². The standard InChI is InChI=1S/C22H18N2O3S/c1-26-20-9-5-4-8-18(20)19-14-28-22(23-19)24-21(25)13-27-17-11-10-15-6-2-3-7-16(15)12-17/h2-12,14H,13H2,1H3,(H,23,24,25). The molecule has 0 bridgehead atoms. The maximum absolute atomic E-state index is 12.2. The van der Waals surface area contributed by atoms with Gasteiger partial charge < -0.3 is 9.47 Å². The number of nitrogens with one attached hydrogen (secondary N) is 1. The molecule has 0 aliphatic rings. The number of para-hydroxylation sites is 1. The van der Waals surface area contributed by atoms with Crippen LogP contribution in [0, 0.1) is 0 Å². The summed E-state index contributed by atoms with van der Waals surface area (Å²) < 4.78 is 11.0. The van der Waals surface area contributed by atoms with Gasteiger partial charge in [-0.2, -0.15) is 0 Å². The molecule has 0 aliphatic carbocycles. The Hall–Kier alpha value is -3.38. The van der Waals surface area contributed by atoms with Gasteiger partial charge in [0.2, 0.25) is 0 Å². The van der Waals surface area contributed by atoms with Crippen molar-refractivity contribution in [2.24, 2.45) is 0 Å². The van der Waals surface area contributed by atoms with E-state index in [0.29, 0.717) is 10.9 Å². The van der Waals surface area contributed by atoms with Gasteiger partial charge in [-0.1, -0.05) is 42.5 Å². The SMILES string of the molecule is COc1ccccc1-c1csc(NC(=O)COc2ccc3ccccc3c2)n1. The number of ether oxygens (including phenoxy) is 2. The lowest BCUT2D eigenvalue weighted by molar-refractivity contribution is -0.118. The fraction of sp³-hybridized carbons (Fsp3) is 0.0909. The molecular weight excluding hydrogens is 372 g/mol. The summed E-state index contributed by atoms with van der Waals surface area (Å²) in [4.78, 5) is 16.7. The zero-order valence-electron chi connectivity index (χ0n) is 15.2. The number of aromatic nitrogens is 1. The zero-order valence-corrected chi connectivity index (χ0v) is 16.0. The number of methoxy groups -OCH3 is 1. The first-order valence-corrected chi connectivity index (χ1v) is 9.61. The van der Waals surface area contributed by atoms with E-state index in [1.54, 1.807) is 7.11 Å². The lowest BCUT2D eigenvalue weighted by Gasteiger charge is -2.07. The molecule has 0 unspecified atom stereocenters. The second-order valence-electron chi connectivity index (χ2n) is 6.08. The first kappa shape index (κ1) is 18.0. The molecule has 0 radical (unpaired) electrons. The van der Waals surface area contributed by atoms with Crippen molar-refractivity contribution in [1.29, 1.82) is 0 Å². The summed E-state index contributed by atoms with van der Waals surface area (Å²) in [5.74, 6) is 1.14. The van der Waals surface area contributed by atoms with Crippen LogP contribution in [0.25, 0.3) is 22.0 Å². The monoisotopic (exact) mass is 390 g/mol. The largest absolute Gasteiger partial charge is 0.496 e. The summed E-state index contributed by atoms with van der Waals surface area (Å²) in [6, 6.07) is 21.4. The van der Waals surface area contributed by atoms with Crippen LogP contribution in [0.2, 0.25) is 0 Å². The van der Waals surface area contributed by atoms with Crippen molar-refractivity contribution in [3.63, 3.8) is 0 Å². The van der Waals surface area contributed by atoms with Crippen molar-refractivity contribution in [2.45, 2.75) is 0 Å². The molecule has 0 atom stereocenters. The lowest BCUT2D eigenvalue weighted by atomic mass is 10.1. The third-order valence-corrected chi connectivity index (χ3v) is 4.98. The summed E-state index contributed by atoms with van der Waals surface area (Å²) in [7, 11) is 1.62. The van der Waals surface area contributed by atoms with E-state index in [1.807, 2.05) is 72.1 Å². The third kappa shape index (κ3) is 3.97. The molecule has 0 saturated carbocycles. The molecule has 28 heavy (non-hydrogen) atoms. The molecule has 140 valence electrons. The molecule has 0 saturated heterocycles. The number of nitrogens with zero attached hydrogens (tertiary/aromatic N) is 1. The highest BCUT2D eigenvalue weighted by atomic mass is 32.1. The Morgan fingerprint density at radius 1 is 1.04 bits per heavy atom. The highest BCUT2D eigenvalue weighted by molar-refractivity contribution is 7.14. The van der Waals surface area contributed by atoms with Crippen LogP contribution in [0.5, 0.6) is 11.5 Å². The molecule has 1 aromatic heterocycles. The average molecular weight is 390 g/mol. The number of fused-ring (bicyclic) bond motifs is 1. The van der Waals surface area contributed by atoms with Gasteiger partial charge in [0.15, 0.2) is 11.7 Å². The minimum Gasteiger partial charge on any atom is -0.496 e. The van der Waals surface area contributed by atoms with Crippen LogP contribution in [0.1, 0.15) is 0 Å². The molecule has 1 heterocycles. The van der Waals surface area contributed by atoms with Crippen LogP contribution in [-0.2, 0) is 4.79 Å². The van der Waals surface area contributed by atoms with Crippen LogP contribution in [0.3, 0.4) is 0 Å². The second-order valence-corrected chi connectivity index (χ2v) is 6.94. The van der Waals surface area contributed by atoms with Gasteiger partial charge >= 0.3 is 0 Å². The van der Waals surface area contributed by atoms with Gasteiger partial charge in [-0.15, -0.1) is 11.3 Å². The average Bonchev–Trinajstić information content (AvgIpc) is 3.20. The number of rotatable bonds is 6. The van der Waals surface area contributed by atoms with Gasteiger partial charge in [-0.3, -0.25) is 10.1 Å². The smallest absolute Gasteiger partial charge is 0.264 e. The number of thiazole rings is 1. The Morgan fingerprint density at radius 2 is 1.82 bits per heavy atom. The van der Waals surface area contributed by atoms with Crippen molar-refractivity contribution in [1.82, 2.24) is 4.98 Å². The van der Waals surface area contributed by atoms with E-state index in [1.165, 1.54) is 11.3 Å². The Morgan fingerprint density at radius 3 is 2.68 bits per heavy atom. The second kappa shape index (κ2) is 8.10. The normalized spacial score (nSPS) is 10.6. The van der Waals surface area contributed by atoms with Crippen LogP contribution in [-0.4, -0.2) is 24.6 Å². The highest BCUT2D eigenvalue weighted by Gasteiger charge is 2.11. The van der Waals surface area contributed by atoms with Crippen LogP contribution < -0.4 is 14.8 Å². The fourth-order valence-corrected chi connectivity index (χ4v) is 3.60. The molecule has 5 nitrogen and oxygen atoms in total. The number of benzene rings is 3. The molecule has 6 heteroatoms. The number of carbonyl (C=O) groups is 1. The summed E-state index contributed by atoms with van der Waals surface area (Å²) in [6.07, 6.45) is 0. The van der Waals surface area contributed by atoms with Crippen molar-refractivity contribution in [3.8, 4) is 22.8 Å². The molecule has 4 aromatic rings. The van der Waals surface area contributed by atoms with E-state index < -0.39 is 0 Å². The summed E-state index contributed by atoms with van der Waals surface area (Å²) in [6.45, 7) is -0.0814. The Bertz CT molecular complexity index is 1120. The number of hydrogen-bond acceptors (Lipinski definition) is 5. The first-order valence-electron chi connectivity index (χ1n) is 8.73. The fourth-order valence-electron chi connectivity index (χ4n) is 2.87. The number of carbonyl (C=O) groups excluding carboxylic acids is 1. The maximum atomic E-state index is 12.2. The van der Waals surface area contributed by atoms with Gasteiger partial charge in [0, 0.05) is 10.9 Å². The Kier molecular flexibility index (Phi) is 5.21. The molecule has 4 rings (SSSR count). The first-order chi connectivity index (χ1) is 13.7. The van der Waals surface area contributed by atoms with E-state index >= 15 is 0 Å². The van der Waals surface area contributed by atoms with Crippen molar-refractivity contribution in [3.05, 3.63) is 72.1 Å². The van der Waals surface area contributed by atoms with Gasteiger partial charge in [-0.05, 0) is 35.0 Å². The number of anilines is 1. The third-order valence-electron chi connectivity index (χ3n) is 4.22. The van der Waals surface area contributed by atoms with Crippen molar-refractivity contribution >= 4 is 33.1 Å². The molecule has 0 spiro atoms. The van der Waals surface area contributed by atoms with Crippen molar-refractivity contribution in [2.75, 3.05) is 19.0 Å². The zero-order chi connectivity index (χ0) is 19.3. The lowest BCUT2D eigenvalue weighted by Crippen LogP contribution is -2.20. The molecular formula is C22H18N2O3S. The maximum Gasteiger partial charge on any atom is 0.264 e. The van der Waals surface area contributed by atoms with E-state index in [4.69, 9.17) is 9.47 Å². The van der Waals surface area contributed by atoms with Crippen molar-refractivity contribution < 1.29 is 14.3 Å². The van der Waals surface area contributed by atoms with Crippen LogP contribution in [0.4, 0.5) is 5.13 Å². The van der Waals surface area contributed by atoms with Gasteiger partial charge in [0.05, 0.1) is 12.8 Å². The molecule has 0 fully saturated rings. The quantitative estimate of drug-likeness (QED) is 0.504. The minimum atomic E-state index is -0.255. The van der Waals surface area contributed by atoms with Gasteiger partial charge in [0.1, 0.15) is 11.5 Å². The minimum absolute atomic E-state index is 0.0814. The molecule has 1 N–H and O–H groups in total. The van der Waals surface area contributed by atoms with E-state index in [-0.39, 0.29) is 12.5 Å². The van der Waals surface area contributed by atoms with Gasteiger partial charge in [-0.25, -0.2) is 4.98 Å². The predicted molar refractivity (Wildman–Crippen MR) is 112 cm³/mol. The molecule has 1 amide bonds. The van der Waals surface area contributed by atoms with Crippen LogP contribution in [0.15, 0.2) is 72.1 Å². The van der Waals surface area contributed by atoms with Crippen LogP contribution >= 0.6 is 11.3 Å². The summed E-state index contributed by atoms with van der Waals surface area (Å²) in [5, 5.41) is 7.39. The van der Waals surface area contributed by atoms with E-state index in [9.17, 15) is 4.79 Å². The van der Waals surface area contributed by atoms with E-state index in [2.05, 4.69) is 10.3 Å². The Labute approximate surface area is 166 Å². The number of amides is 1. The summed E-state index contributed by atoms with van der Waals surface area (Å²) in [5.41, 5.74) is 1.64. The molecule has 3 aromatic carbocycles. The number of hydrogen-bond donors (Lipinski definition) is 1. The van der Waals surface area contributed by atoms with E-state index in [0.717, 1.165) is 27.8 Å². The molecule has 0 aliphatic heterocycles. The summed E-state index contributed by atoms with van der Waals surface area (Å²) >= 11 is 1.36. The predicted octanol–water partition coefficient (Wildman–Crippen LogP) is 4.99.